The second-order valence-electron chi connectivity index (χ2n) is 7.27. The summed E-state index contributed by atoms with van der Waals surface area (Å²) in [6.45, 7) is 0.749. The number of halogens is 4. The Morgan fingerprint density at radius 1 is 1.06 bits per heavy atom. The maximum Gasteiger partial charge on any atom is 0.257 e. The topological polar surface area (TPSA) is 79.4 Å². The third kappa shape index (κ3) is 4.34. The molecule has 0 unspecified atom stereocenters. The minimum absolute atomic E-state index is 0.0113. The first-order valence-electron chi connectivity index (χ1n) is 9.73. The van der Waals surface area contributed by atoms with Crippen LogP contribution in [0, 0.1) is 17.5 Å². The van der Waals surface area contributed by atoms with E-state index < -0.39 is 38.9 Å². The van der Waals surface area contributed by atoms with E-state index in [-0.39, 0.29) is 25.3 Å². The molecule has 170 valence electrons. The molecule has 4 rings (SSSR count). The van der Waals surface area contributed by atoms with Crippen LogP contribution in [0.3, 0.4) is 0 Å². The molecular formula is C20H17ClF3N3O3S2. The van der Waals surface area contributed by atoms with Gasteiger partial charge in [0.15, 0.2) is 22.6 Å². The minimum atomic E-state index is -3.91. The van der Waals surface area contributed by atoms with Gasteiger partial charge in [0, 0.05) is 18.7 Å². The lowest BCUT2D eigenvalue weighted by atomic mass is 10.2. The van der Waals surface area contributed by atoms with Gasteiger partial charge in [0.25, 0.3) is 5.91 Å². The average molecular weight is 504 g/mol. The van der Waals surface area contributed by atoms with Crippen molar-refractivity contribution in [2.75, 3.05) is 18.4 Å². The molecule has 0 bridgehead atoms. The van der Waals surface area contributed by atoms with Gasteiger partial charge in [-0.05, 0) is 37.1 Å². The third-order valence-electron chi connectivity index (χ3n) is 5.12. The second-order valence-corrected chi connectivity index (χ2v) is 10.6. The number of amides is 1. The van der Waals surface area contributed by atoms with Crippen LogP contribution < -0.4 is 5.32 Å². The van der Waals surface area contributed by atoms with Gasteiger partial charge in [-0.15, -0.1) is 0 Å². The Bertz CT molecular complexity index is 1310. The fourth-order valence-corrected chi connectivity index (χ4v) is 6.36. The number of nitrogens with zero attached hydrogens (tertiary/aromatic N) is 2. The summed E-state index contributed by atoms with van der Waals surface area (Å²) in [6, 6.07) is 4.61. The zero-order valence-electron chi connectivity index (χ0n) is 16.5. The molecule has 1 aliphatic rings. The number of aromatic nitrogens is 1. The number of thiazole rings is 1. The number of fused-ring (bicyclic) bond motifs is 1. The highest BCUT2D eigenvalue weighted by Crippen LogP contribution is 2.32. The average Bonchev–Trinajstić information content (AvgIpc) is 2.96. The zero-order valence-corrected chi connectivity index (χ0v) is 18.9. The molecule has 6 nitrogen and oxygen atoms in total. The molecule has 12 heteroatoms. The molecule has 0 spiro atoms. The Morgan fingerprint density at radius 2 is 1.75 bits per heavy atom. The second kappa shape index (κ2) is 8.97. The van der Waals surface area contributed by atoms with Gasteiger partial charge < -0.3 is 0 Å². The lowest BCUT2D eigenvalue weighted by Crippen LogP contribution is -2.32. The normalized spacial score (nSPS) is 15.6. The van der Waals surface area contributed by atoms with Crippen LogP contribution in [0.4, 0.5) is 18.3 Å². The fraction of sp³-hybridized carbons (Fsp3) is 0.300. The van der Waals surface area contributed by atoms with E-state index >= 15 is 0 Å². The first-order chi connectivity index (χ1) is 15.2. The molecule has 0 radical (unpaired) electrons. The van der Waals surface area contributed by atoms with E-state index in [4.69, 9.17) is 11.6 Å². The molecular weight excluding hydrogens is 487 g/mol. The number of hydrogen-bond donors (Lipinski definition) is 1. The Labute approximate surface area is 191 Å². The molecule has 1 amide bonds. The largest absolute Gasteiger partial charge is 0.298 e. The van der Waals surface area contributed by atoms with Crippen LogP contribution in [0.1, 0.15) is 36.0 Å². The Balaban J connectivity index is 1.62. The fourth-order valence-electron chi connectivity index (χ4n) is 3.46. The highest BCUT2D eigenvalue weighted by molar-refractivity contribution is 7.89. The SMILES string of the molecule is O=C(Nc1nc2c(F)c(F)c(F)cc2s1)c1ccc(Cl)c(S(=O)(=O)N2CCCCCC2)c1. The van der Waals surface area contributed by atoms with Gasteiger partial charge in [-0.3, -0.25) is 10.1 Å². The molecule has 0 aliphatic carbocycles. The Morgan fingerprint density at radius 3 is 2.44 bits per heavy atom. The van der Waals surface area contributed by atoms with Gasteiger partial charge in [0.1, 0.15) is 10.4 Å². The quantitative estimate of drug-likeness (QED) is 0.497. The molecule has 1 aliphatic heterocycles. The van der Waals surface area contributed by atoms with Gasteiger partial charge in [-0.25, -0.2) is 26.6 Å². The summed E-state index contributed by atoms with van der Waals surface area (Å²) in [7, 11) is -3.91. The number of sulfonamides is 1. The van der Waals surface area contributed by atoms with Crippen molar-refractivity contribution in [1.82, 2.24) is 9.29 Å². The minimum Gasteiger partial charge on any atom is -0.298 e. The molecule has 1 aromatic heterocycles. The van der Waals surface area contributed by atoms with E-state index in [1.165, 1.54) is 22.5 Å². The number of carbonyl (C=O) groups is 1. The Kier molecular flexibility index (Phi) is 6.44. The number of carbonyl (C=O) groups excluding carboxylic acids is 1. The van der Waals surface area contributed by atoms with Crippen molar-refractivity contribution in [1.29, 1.82) is 0 Å². The number of nitrogens with one attached hydrogen (secondary N) is 1. The van der Waals surface area contributed by atoms with E-state index in [1.54, 1.807) is 0 Å². The van der Waals surface area contributed by atoms with Gasteiger partial charge >= 0.3 is 0 Å². The van der Waals surface area contributed by atoms with Crippen molar-refractivity contribution < 1.29 is 26.4 Å². The molecule has 1 N–H and O–H groups in total. The molecule has 3 aromatic rings. The van der Waals surface area contributed by atoms with Crippen molar-refractivity contribution in [3.63, 3.8) is 0 Å². The van der Waals surface area contributed by atoms with Crippen molar-refractivity contribution in [2.24, 2.45) is 0 Å². The smallest absolute Gasteiger partial charge is 0.257 e. The molecule has 32 heavy (non-hydrogen) atoms. The number of rotatable bonds is 4. The van der Waals surface area contributed by atoms with Crippen LogP contribution in [0.25, 0.3) is 10.2 Å². The predicted molar refractivity (Wildman–Crippen MR) is 116 cm³/mol. The first-order valence-corrected chi connectivity index (χ1v) is 12.4. The zero-order chi connectivity index (χ0) is 23.0. The summed E-state index contributed by atoms with van der Waals surface area (Å²) in [5.41, 5.74) is -0.426. The molecule has 2 aromatic carbocycles. The highest BCUT2D eigenvalue weighted by atomic mass is 35.5. The summed E-state index contributed by atoms with van der Waals surface area (Å²) < 4.78 is 68.3. The predicted octanol–water partition coefficient (Wildman–Crippen LogP) is 5.18. The van der Waals surface area contributed by atoms with E-state index in [1.807, 2.05) is 0 Å². The number of hydrogen-bond acceptors (Lipinski definition) is 5. The van der Waals surface area contributed by atoms with E-state index in [0.29, 0.717) is 13.1 Å². The van der Waals surface area contributed by atoms with Crippen molar-refractivity contribution in [3.05, 3.63) is 52.3 Å². The summed E-state index contributed by atoms with van der Waals surface area (Å²) in [4.78, 5) is 16.3. The van der Waals surface area contributed by atoms with Crippen molar-refractivity contribution in [2.45, 2.75) is 30.6 Å². The van der Waals surface area contributed by atoms with Gasteiger partial charge in [-0.1, -0.05) is 35.8 Å². The summed E-state index contributed by atoms with van der Waals surface area (Å²) in [6.07, 6.45) is 3.37. The van der Waals surface area contributed by atoms with E-state index in [0.717, 1.165) is 43.1 Å². The maximum absolute atomic E-state index is 13.9. The van der Waals surface area contributed by atoms with Crippen molar-refractivity contribution >= 4 is 54.2 Å². The van der Waals surface area contributed by atoms with Crippen LogP contribution in [0.2, 0.25) is 5.02 Å². The summed E-state index contributed by atoms with van der Waals surface area (Å²) >= 11 is 6.90. The van der Waals surface area contributed by atoms with Gasteiger partial charge in [0.05, 0.1) is 9.72 Å². The van der Waals surface area contributed by atoms with Crippen LogP contribution in [0.5, 0.6) is 0 Å². The number of benzene rings is 2. The molecule has 2 heterocycles. The summed E-state index contributed by atoms with van der Waals surface area (Å²) in [5.74, 6) is -5.19. The summed E-state index contributed by atoms with van der Waals surface area (Å²) in [5, 5.41) is 2.30. The van der Waals surface area contributed by atoms with Crippen LogP contribution in [0.15, 0.2) is 29.2 Å². The van der Waals surface area contributed by atoms with E-state index in [2.05, 4.69) is 10.3 Å². The first kappa shape index (κ1) is 23.0. The lowest BCUT2D eigenvalue weighted by molar-refractivity contribution is 0.102. The standard InChI is InChI=1S/C20H17ClF3N3O3S2/c21-12-6-5-11(9-15(12)32(29,30)27-7-3-1-2-4-8-27)19(28)26-20-25-18-14(31-20)10-13(22)16(23)17(18)24/h5-6,9-10H,1-4,7-8H2,(H,25,26,28). The van der Waals surface area contributed by atoms with Crippen LogP contribution in [-0.2, 0) is 10.0 Å². The third-order valence-corrected chi connectivity index (χ3v) is 8.42. The number of anilines is 1. The Hall–Kier alpha value is -2.21. The monoisotopic (exact) mass is 503 g/mol. The lowest BCUT2D eigenvalue weighted by Gasteiger charge is -2.21. The van der Waals surface area contributed by atoms with Crippen LogP contribution >= 0.6 is 22.9 Å². The maximum atomic E-state index is 13.9. The molecule has 0 atom stereocenters. The molecule has 0 saturated carbocycles. The molecule has 1 fully saturated rings. The molecule has 1 saturated heterocycles. The van der Waals surface area contributed by atoms with Gasteiger partial charge in [0.2, 0.25) is 10.0 Å². The van der Waals surface area contributed by atoms with Crippen molar-refractivity contribution in [3.8, 4) is 0 Å². The van der Waals surface area contributed by atoms with Gasteiger partial charge in [-0.2, -0.15) is 4.31 Å². The van der Waals surface area contributed by atoms with Crippen LogP contribution in [-0.4, -0.2) is 36.7 Å². The highest BCUT2D eigenvalue weighted by Gasteiger charge is 2.28. The van der Waals surface area contributed by atoms with E-state index in [9.17, 15) is 26.4 Å².